The summed E-state index contributed by atoms with van der Waals surface area (Å²) in [6.45, 7) is 5.54. The van der Waals surface area contributed by atoms with Crippen molar-refractivity contribution in [2.75, 3.05) is 7.11 Å². The Balaban J connectivity index is 2.71. The Hall–Kier alpha value is -2.30. The molecule has 0 fully saturated rings. The van der Waals surface area contributed by atoms with Crippen LogP contribution in [0.1, 0.15) is 12.5 Å². The van der Waals surface area contributed by atoms with Crippen LogP contribution in [0.25, 0.3) is 16.6 Å². The molecule has 0 bridgehead atoms. The molecule has 100 valence electrons. The molecule has 1 N–H and O–H groups in total. The van der Waals surface area contributed by atoms with Gasteiger partial charge in [-0.3, -0.25) is 4.79 Å². The van der Waals surface area contributed by atoms with Crippen molar-refractivity contribution >= 4 is 22.6 Å². The van der Waals surface area contributed by atoms with Crippen molar-refractivity contribution < 1.29 is 19.0 Å². The van der Waals surface area contributed by atoms with Crippen LogP contribution in [0.3, 0.4) is 0 Å². The molecular formula is C14H14FNO3. The van der Waals surface area contributed by atoms with Crippen LogP contribution in [0.2, 0.25) is 0 Å². The third-order valence-corrected chi connectivity index (χ3v) is 2.90. The third-order valence-electron chi connectivity index (χ3n) is 2.90. The molecule has 0 aliphatic heterocycles. The second-order valence-electron chi connectivity index (χ2n) is 4.33. The second-order valence-corrected chi connectivity index (χ2v) is 4.33. The lowest BCUT2D eigenvalue weighted by Crippen LogP contribution is -2.03. The van der Waals surface area contributed by atoms with Crippen molar-refractivity contribution in [1.82, 2.24) is 4.57 Å². The zero-order valence-corrected chi connectivity index (χ0v) is 10.7. The van der Waals surface area contributed by atoms with Crippen LogP contribution in [0.5, 0.6) is 5.75 Å². The summed E-state index contributed by atoms with van der Waals surface area (Å²) in [6, 6.07) is 2.32. The van der Waals surface area contributed by atoms with Crippen LogP contribution in [-0.2, 0) is 16.0 Å². The highest BCUT2D eigenvalue weighted by Crippen LogP contribution is 2.32. The summed E-state index contributed by atoms with van der Waals surface area (Å²) in [5.41, 5.74) is 1.71. The smallest absolute Gasteiger partial charge is 0.310 e. The summed E-state index contributed by atoms with van der Waals surface area (Å²) in [6.07, 6.45) is 1.66. The summed E-state index contributed by atoms with van der Waals surface area (Å²) >= 11 is 0. The number of hydrogen-bond donors (Lipinski definition) is 1. The van der Waals surface area contributed by atoms with Gasteiger partial charge in [0.05, 0.1) is 19.0 Å². The van der Waals surface area contributed by atoms with Crippen molar-refractivity contribution in [3.63, 3.8) is 0 Å². The van der Waals surface area contributed by atoms with Gasteiger partial charge in [0.25, 0.3) is 0 Å². The van der Waals surface area contributed by atoms with E-state index in [1.54, 1.807) is 17.7 Å². The minimum absolute atomic E-state index is 0.00642. The van der Waals surface area contributed by atoms with E-state index < -0.39 is 11.8 Å². The second kappa shape index (κ2) is 4.76. The number of allylic oxidation sites excluding steroid dienone is 1. The first-order valence-corrected chi connectivity index (χ1v) is 5.69. The lowest BCUT2D eigenvalue weighted by Gasteiger charge is -2.04. The van der Waals surface area contributed by atoms with Gasteiger partial charge in [0.1, 0.15) is 11.6 Å². The standard InChI is InChI=1S/C14H14FNO3/c1-8(2)16-7-9(4-13(18)19-3)14-11(16)5-10(15)6-12(14)17/h5-7,17H,1,4H2,2-3H3. The Morgan fingerprint density at radius 1 is 1.53 bits per heavy atom. The maximum Gasteiger partial charge on any atom is 0.310 e. The number of esters is 1. The van der Waals surface area contributed by atoms with Crippen molar-refractivity contribution in [3.8, 4) is 5.75 Å². The van der Waals surface area contributed by atoms with Crippen LogP contribution in [0.4, 0.5) is 4.39 Å². The number of nitrogens with zero attached hydrogens (tertiary/aromatic N) is 1. The molecule has 0 radical (unpaired) electrons. The number of hydrogen-bond acceptors (Lipinski definition) is 3. The molecule has 19 heavy (non-hydrogen) atoms. The quantitative estimate of drug-likeness (QED) is 0.866. The van der Waals surface area contributed by atoms with Gasteiger partial charge in [-0.25, -0.2) is 4.39 Å². The van der Waals surface area contributed by atoms with Crippen LogP contribution in [0, 0.1) is 5.82 Å². The van der Waals surface area contributed by atoms with E-state index in [0.29, 0.717) is 22.2 Å². The maximum absolute atomic E-state index is 13.4. The molecule has 0 saturated carbocycles. The van der Waals surface area contributed by atoms with Gasteiger partial charge in [0.15, 0.2) is 0 Å². The monoisotopic (exact) mass is 263 g/mol. The Kier molecular flexibility index (Phi) is 3.29. The minimum Gasteiger partial charge on any atom is -0.507 e. The molecule has 2 aromatic rings. The molecule has 2 rings (SSSR count). The Morgan fingerprint density at radius 2 is 2.21 bits per heavy atom. The van der Waals surface area contributed by atoms with Gasteiger partial charge in [-0.15, -0.1) is 0 Å². The molecule has 0 unspecified atom stereocenters. The first-order chi connectivity index (χ1) is 8.93. The molecule has 0 aliphatic rings. The number of phenols is 1. The third kappa shape index (κ3) is 2.31. The minimum atomic E-state index is -0.546. The number of rotatable bonds is 3. The number of halogens is 1. The number of carbonyl (C=O) groups is 1. The fourth-order valence-corrected chi connectivity index (χ4v) is 2.06. The predicted molar refractivity (Wildman–Crippen MR) is 70.3 cm³/mol. The van der Waals surface area contributed by atoms with Gasteiger partial charge >= 0.3 is 5.97 Å². The molecule has 1 aromatic carbocycles. The van der Waals surface area contributed by atoms with Gasteiger partial charge in [0, 0.05) is 23.3 Å². The molecule has 5 heteroatoms. The lowest BCUT2D eigenvalue weighted by atomic mass is 10.1. The normalized spacial score (nSPS) is 10.7. The number of aromatic hydroxyl groups is 1. The fraction of sp³-hybridized carbons (Fsp3) is 0.214. The number of carbonyl (C=O) groups excluding carboxylic acids is 1. The molecule has 0 atom stereocenters. The first kappa shape index (κ1) is 13.1. The highest BCUT2D eigenvalue weighted by atomic mass is 19.1. The Morgan fingerprint density at radius 3 is 2.79 bits per heavy atom. The molecule has 1 heterocycles. The topological polar surface area (TPSA) is 51.5 Å². The number of ether oxygens (including phenoxy) is 1. The summed E-state index contributed by atoms with van der Waals surface area (Å²) in [7, 11) is 1.29. The average Bonchev–Trinajstić information content (AvgIpc) is 2.67. The number of phenolic OH excluding ortho intramolecular Hbond substituents is 1. The number of methoxy groups -OCH3 is 1. The fourth-order valence-electron chi connectivity index (χ4n) is 2.06. The van der Waals surface area contributed by atoms with Crippen molar-refractivity contribution in [2.24, 2.45) is 0 Å². The van der Waals surface area contributed by atoms with Gasteiger partial charge in [-0.05, 0) is 18.6 Å². The van der Waals surface area contributed by atoms with Crippen LogP contribution < -0.4 is 0 Å². The summed E-state index contributed by atoms with van der Waals surface area (Å²) < 4.78 is 19.6. The SMILES string of the molecule is C=C(C)n1cc(CC(=O)OC)c2c(O)cc(F)cc21. The van der Waals surface area contributed by atoms with Crippen molar-refractivity contribution in [2.45, 2.75) is 13.3 Å². The van der Waals surface area contributed by atoms with Gasteiger partial charge in [-0.1, -0.05) is 6.58 Å². The number of fused-ring (bicyclic) bond motifs is 1. The molecule has 0 amide bonds. The first-order valence-electron chi connectivity index (χ1n) is 5.69. The van der Waals surface area contributed by atoms with Crippen LogP contribution >= 0.6 is 0 Å². The van der Waals surface area contributed by atoms with Crippen LogP contribution in [0.15, 0.2) is 24.9 Å². The summed E-state index contributed by atoms with van der Waals surface area (Å²) in [4.78, 5) is 11.4. The maximum atomic E-state index is 13.4. The molecule has 1 aromatic heterocycles. The van der Waals surface area contributed by atoms with Crippen molar-refractivity contribution in [3.05, 3.63) is 36.3 Å². The van der Waals surface area contributed by atoms with E-state index in [1.165, 1.54) is 13.2 Å². The van der Waals surface area contributed by atoms with E-state index in [-0.39, 0.29) is 12.2 Å². The highest BCUT2D eigenvalue weighted by Gasteiger charge is 2.17. The molecule has 0 saturated heterocycles. The number of benzene rings is 1. The highest BCUT2D eigenvalue weighted by molar-refractivity contribution is 5.94. The van der Waals surface area contributed by atoms with E-state index in [0.717, 1.165) is 6.07 Å². The Labute approximate surface area is 109 Å². The van der Waals surface area contributed by atoms with E-state index in [4.69, 9.17) is 0 Å². The van der Waals surface area contributed by atoms with Crippen LogP contribution in [-0.4, -0.2) is 22.8 Å². The largest absolute Gasteiger partial charge is 0.507 e. The van der Waals surface area contributed by atoms with E-state index in [2.05, 4.69) is 11.3 Å². The van der Waals surface area contributed by atoms with Crippen molar-refractivity contribution in [1.29, 1.82) is 0 Å². The molecule has 0 aliphatic carbocycles. The number of aromatic nitrogens is 1. The summed E-state index contributed by atoms with van der Waals surface area (Å²) in [5.74, 6) is -1.17. The molecule has 0 spiro atoms. The van der Waals surface area contributed by atoms with Gasteiger partial charge in [-0.2, -0.15) is 0 Å². The predicted octanol–water partition coefficient (Wildman–Crippen LogP) is 2.69. The lowest BCUT2D eigenvalue weighted by molar-refractivity contribution is -0.139. The van der Waals surface area contributed by atoms with Gasteiger partial charge in [0.2, 0.25) is 0 Å². The van der Waals surface area contributed by atoms with E-state index in [1.807, 2.05) is 0 Å². The molecule has 4 nitrogen and oxygen atoms in total. The van der Waals surface area contributed by atoms with E-state index >= 15 is 0 Å². The van der Waals surface area contributed by atoms with Gasteiger partial charge < -0.3 is 14.4 Å². The molecular weight excluding hydrogens is 249 g/mol. The Bertz CT molecular complexity index is 673. The zero-order valence-electron chi connectivity index (χ0n) is 10.7. The summed E-state index contributed by atoms with van der Waals surface area (Å²) in [5, 5.41) is 10.3. The van der Waals surface area contributed by atoms with E-state index in [9.17, 15) is 14.3 Å². The zero-order chi connectivity index (χ0) is 14.2. The average molecular weight is 263 g/mol.